The van der Waals surface area contributed by atoms with Crippen molar-refractivity contribution >= 4 is 15.9 Å². The van der Waals surface area contributed by atoms with Gasteiger partial charge in [0.2, 0.25) is 0 Å². The van der Waals surface area contributed by atoms with E-state index < -0.39 is 0 Å². The lowest BCUT2D eigenvalue weighted by Gasteiger charge is -2.41. The minimum Gasteiger partial charge on any atom is -0.370 e. The third-order valence-corrected chi connectivity index (χ3v) is 3.42. The molecule has 0 saturated carbocycles. The largest absolute Gasteiger partial charge is 0.370 e. The van der Waals surface area contributed by atoms with Crippen LogP contribution in [0.5, 0.6) is 0 Å². The van der Waals surface area contributed by atoms with Crippen molar-refractivity contribution in [2.45, 2.75) is 38.5 Å². The summed E-state index contributed by atoms with van der Waals surface area (Å²) < 4.78 is 7.06. The van der Waals surface area contributed by atoms with E-state index in [0.717, 1.165) is 11.1 Å². The number of morpholine rings is 1. The zero-order valence-electron chi connectivity index (χ0n) is 9.96. The Balaban J connectivity index is 2.14. The molecule has 1 aliphatic rings. The van der Waals surface area contributed by atoms with Crippen molar-refractivity contribution in [1.29, 1.82) is 0 Å². The number of halogens is 1. The Morgan fingerprint density at radius 2 is 1.94 bits per heavy atom. The van der Waals surface area contributed by atoms with E-state index in [2.05, 4.69) is 66.3 Å². The maximum absolute atomic E-state index is 5.95. The standard InChI is InChI=1S/C13H18BrNO/c1-9-12(16-8-13(2,3)15-9)10-4-6-11(14)7-5-10/h4-7,9,12,15H,8H2,1-3H3. The maximum atomic E-state index is 5.95. The fraction of sp³-hybridized carbons (Fsp3) is 0.538. The fourth-order valence-corrected chi connectivity index (χ4v) is 2.48. The van der Waals surface area contributed by atoms with Crippen molar-refractivity contribution < 1.29 is 4.74 Å². The summed E-state index contributed by atoms with van der Waals surface area (Å²) in [6, 6.07) is 8.69. The molecule has 1 fully saturated rings. The Labute approximate surface area is 106 Å². The number of hydrogen-bond donors (Lipinski definition) is 1. The van der Waals surface area contributed by atoms with Gasteiger partial charge in [-0.05, 0) is 38.5 Å². The average Bonchev–Trinajstić information content (AvgIpc) is 2.19. The molecule has 16 heavy (non-hydrogen) atoms. The summed E-state index contributed by atoms with van der Waals surface area (Å²) in [4.78, 5) is 0. The third kappa shape index (κ3) is 2.65. The molecule has 2 rings (SSSR count). The third-order valence-electron chi connectivity index (χ3n) is 2.89. The molecule has 0 bridgehead atoms. The molecule has 1 saturated heterocycles. The Morgan fingerprint density at radius 1 is 1.31 bits per heavy atom. The van der Waals surface area contributed by atoms with Crippen molar-refractivity contribution in [1.82, 2.24) is 5.32 Å². The van der Waals surface area contributed by atoms with Gasteiger partial charge in [0.05, 0.1) is 12.7 Å². The summed E-state index contributed by atoms with van der Waals surface area (Å²) in [6.07, 6.45) is 0.154. The summed E-state index contributed by atoms with van der Waals surface area (Å²) in [6.45, 7) is 7.26. The van der Waals surface area contributed by atoms with Crippen molar-refractivity contribution in [3.8, 4) is 0 Å². The molecule has 1 aliphatic heterocycles. The lowest BCUT2D eigenvalue weighted by molar-refractivity contribution is -0.0495. The minimum atomic E-state index is 0.0747. The van der Waals surface area contributed by atoms with Crippen molar-refractivity contribution in [3.63, 3.8) is 0 Å². The van der Waals surface area contributed by atoms with E-state index in [0.29, 0.717) is 6.04 Å². The summed E-state index contributed by atoms with van der Waals surface area (Å²) in [7, 11) is 0. The predicted molar refractivity (Wildman–Crippen MR) is 69.5 cm³/mol. The Morgan fingerprint density at radius 3 is 2.50 bits per heavy atom. The lowest BCUT2D eigenvalue weighted by Crippen LogP contribution is -2.55. The summed E-state index contributed by atoms with van der Waals surface area (Å²) in [5, 5.41) is 3.58. The van der Waals surface area contributed by atoms with Crippen molar-refractivity contribution in [2.75, 3.05) is 6.61 Å². The van der Waals surface area contributed by atoms with Crippen LogP contribution in [0, 0.1) is 0 Å². The van der Waals surface area contributed by atoms with E-state index in [4.69, 9.17) is 4.74 Å². The van der Waals surface area contributed by atoms with Gasteiger partial charge in [-0.15, -0.1) is 0 Å². The second-order valence-corrected chi connectivity index (χ2v) is 6.02. The van der Waals surface area contributed by atoms with Crippen LogP contribution in [0.15, 0.2) is 28.7 Å². The van der Waals surface area contributed by atoms with E-state index in [9.17, 15) is 0 Å². The predicted octanol–water partition coefficient (Wildman–Crippen LogP) is 3.28. The average molecular weight is 284 g/mol. The molecule has 88 valence electrons. The first-order valence-corrected chi connectivity index (χ1v) is 6.42. The lowest BCUT2D eigenvalue weighted by atomic mass is 9.96. The first kappa shape index (κ1) is 12.1. The quantitative estimate of drug-likeness (QED) is 0.854. The van der Waals surface area contributed by atoms with Gasteiger partial charge in [0.15, 0.2) is 0 Å². The van der Waals surface area contributed by atoms with Gasteiger partial charge in [0, 0.05) is 16.1 Å². The van der Waals surface area contributed by atoms with Crippen molar-refractivity contribution in [2.24, 2.45) is 0 Å². The minimum absolute atomic E-state index is 0.0747. The van der Waals surface area contributed by atoms with Crippen LogP contribution < -0.4 is 5.32 Å². The SMILES string of the molecule is CC1NC(C)(C)COC1c1ccc(Br)cc1. The van der Waals surface area contributed by atoms with Gasteiger partial charge in [-0.1, -0.05) is 28.1 Å². The number of nitrogens with one attached hydrogen (secondary N) is 1. The van der Waals surface area contributed by atoms with E-state index in [1.807, 2.05) is 0 Å². The van der Waals surface area contributed by atoms with E-state index in [-0.39, 0.29) is 11.6 Å². The molecule has 0 amide bonds. The zero-order valence-corrected chi connectivity index (χ0v) is 11.5. The van der Waals surface area contributed by atoms with E-state index >= 15 is 0 Å². The van der Waals surface area contributed by atoms with Gasteiger partial charge in [-0.2, -0.15) is 0 Å². The smallest absolute Gasteiger partial charge is 0.0976 e. The topological polar surface area (TPSA) is 21.3 Å². The number of hydrogen-bond acceptors (Lipinski definition) is 2. The zero-order chi connectivity index (χ0) is 11.8. The van der Waals surface area contributed by atoms with Crippen LogP contribution in [0.25, 0.3) is 0 Å². The molecule has 0 aliphatic carbocycles. The summed E-state index contributed by atoms with van der Waals surface area (Å²) in [5.41, 5.74) is 1.31. The highest BCUT2D eigenvalue weighted by Gasteiger charge is 2.32. The molecule has 0 spiro atoms. The van der Waals surface area contributed by atoms with Crippen LogP contribution in [0.2, 0.25) is 0 Å². The van der Waals surface area contributed by atoms with Crippen LogP contribution in [-0.4, -0.2) is 18.2 Å². The first-order valence-electron chi connectivity index (χ1n) is 5.63. The van der Waals surface area contributed by atoms with Gasteiger partial charge in [-0.25, -0.2) is 0 Å². The van der Waals surface area contributed by atoms with E-state index in [1.165, 1.54) is 5.56 Å². The Bertz CT molecular complexity index is 361. The summed E-state index contributed by atoms with van der Waals surface area (Å²) >= 11 is 3.45. The van der Waals surface area contributed by atoms with Gasteiger partial charge in [0.25, 0.3) is 0 Å². The van der Waals surface area contributed by atoms with Gasteiger partial charge in [-0.3, -0.25) is 0 Å². The Kier molecular flexibility index (Phi) is 3.38. The molecule has 1 heterocycles. The highest BCUT2D eigenvalue weighted by Crippen LogP contribution is 2.28. The number of ether oxygens (including phenoxy) is 1. The molecule has 0 radical (unpaired) electrons. The second kappa shape index (κ2) is 4.47. The van der Waals surface area contributed by atoms with Gasteiger partial charge < -0.3 is 10.1 Å². The molecule has 2 nitrogen and oxygen atoms in total. The molecule has 0 aromatic heterocycles. The highest BCUT2D eigenvalue weighted by molar-refractivity contribution is 9.10. The van der Waals surface area contributed by atoms with Crippen LogP contribution in [0.4, 0.5) is 0 Å². The first-order chi connectivity index (χ1) is 7.48. The normalized spacial score (nSPS) is 29.0. The fourth-order valence-electron chi connectivity index (χ4n) is 2.21. The molecular formula is C13H18BrNO. The molecule has 1 aromatic rings. The highest BCUT2D eigenvalue weighted by atomic mass is 79.9. The monoisotopic (exact) mass is 283 g/mol. The number of benzene rings is 1. The molecular weight excluding hydrogens is 266 g/mol. The van der Waals surface area contributed by atoms with Crippen LogP contribution in [-0.2, 0) is 4.74 Å². The van der Waals surface area contributed by atoms with Crippen LogP contribution in [0.1, 0.15) is 32.4 Å². The Hall–Kier alpha value is -0.380. The van der Waals surface area contributed by atoms with Gasteiger partial charge in [0.1, 0.15) is 0 Å². The van der Waals surface area contributed by atoms with Crippen LogP contribution >= 0.6 is 15.9 Å². The van der Waals surface area contributed by atoms with Gasteiger partial charge >= 0.3 is 0 Å². The second-order valence-electron chi connectivity index (χ2n) is 5.10. The molecule has 2 unspecified atom stereocenters. The molecule has 1 aromatic carbocycles. The van der Waals surface area contributed by atoms with Crippen molar-refractivity contribution in [3.05, 3.63) is 34.3 Å². The van der Waals surface area contributed by atoms with Crippen LogP contribution in [0.3, 0.4) is 0 Å². The molecule has 2 atom stereocenters. The van der Waals surface area contributed by atoms with E-state index in [1.54, 1.807) is 0 Å². The summed E-state index contributed by atoms with van der Waals surface area (Å²) in [5.74, 6) is 0. The maximum Gasteiger partial charge on any atom is 0.0976 e. The molecule has 3 heteroatoms. The molecule has 1 N–H and O–H groups in total. The number of rotatable bonds is 1.